The lowest BCUT2D eigenvalue weighted by atomic mass is 9.95. The van der Waals surface area contributed by atoms with Gasteiger partial charge in [0.05, 0.1) is 6.04 Å². The van der Waals surface area contributed by atoms with Crippen molar-refractivity contribution in [3.05, 3.63) is 66.1 Å². The number of imide groups is 1. The Balaban J connectivity index is 1.26. The van der Waals surface area contributed by atoms with Crippen molar-refractivity contribution in [3.8, 4) is 0 Å². The summed E-state index contributed by atoms with van der Waals surface area (Å²) in [5, 5.41) is 13.8. The summed E-state index contributed by atoms with van der Waals surface area (Å²) in [6.45, 7) is 3.76. The molecule has 1 aromatic carbocycles. The minimum atomic E-state index is -0.472. The molecule has 0 radical (unpaired) electrons. The van der Waals surface area contributed by atoms with Gasteiger partial charge in [-0.2, -0.15) is 0 Å². The first-order chi connectivity index (χ1) is 14.6. The first kappa shape index (κ1) is 20.0. The number of nitrogens with zero attached hydrogens (tertiary/aromatic N) is 4. The van der Waals surface area contributed by atoms with Gasteiger partial charge in [0, 0.05) is 18.7 Å². The number of hydrogen-bond donors (Lipinski definition) is 2. The van der Waals surface area contributed by atoms with E-state index in [1.165, 1.54) is 0 Å². The molecule has 0 saturated carbocycles. The quantitative estimate of drug-likeness (QED) is 0.679. The zero-order valence-electron chi connectivity index (χ0n) is 17.0. The fraction of sp³-hybridized carbons (Fsp3) is 0.364. The smallest absolute Gasteiger partial charge is 0.321 e. The largest absolute Gasteiger partial charge is 0.334 e. The van der Waals surface area contributed by atoms with E-state index in [-0.39, 0.29) is 11.9 Å². The summed E-state index contributed by atoms with van der Waals surface area (Å²) in [6.07, 6.45) is 3.78. The van der Waals surface area contributed by atoms with Gasteiger partial charge < -0.3 is 5.32 Å². The average Bonchev–Trinajstić information content (AvgIpc) is 3.22. The highest BCUT2D eigenvalue weighted by Crippen LogP contribution is 2.27. The number of amides is 3. The van der Waals surface area contributed by atoms with Crippen LogP contribution in [0, 0.1) is 0 Å². The van der Waals surface area contributed by atoms with Gasteiger partial charge in [0.25, 0.3) is 0 Å². The Hall–Kier alpha value is -3.26. The van der Waals surface area contributed by atoms with Crippen molar-refractivity contribution in [2.75, 3.05) is 13.1 Å². The Morgan fingerprint density at radius 2 is 1.80 bits per heavy atom. The predicted molar refractivity (Wildman–Crippen MR) is 113 cm³/mol. The number of rotatable bonds is 5. The maximum Gasteiger partial charge on any atom is 0.321 e. The molecule has 0 aliphatic carbocycles. The molecule has 1 fully saturated rings. The highest BCUT2D eigenvalue weighted by molar-refractivity contribution is 5.96. The molecular formula is C22H26N6O2. The first-order valence-corrected chi connectivity index (χ1v) is 10.3. The molecule has 8 nitrogen and oxygen atoms in total. The third-order valence-electron chi connectivity index (χ3n) is 5.69. The van der Waals surface area contributed by atoms with Gasteiger partial charge in [-0.3, -0.25) is 19.4 Å². The van der Waals surface area contributed by atoms with Crippen molar-refractivity contribution >= 4 is 17.6 Å². The number of hydrogen-bond acceptors (Lipinski definition) is 5. The molecule has 1 unspecified atom stereocenters. The number of carbonyl (C=O) groups excluding carboxylic acids is 2. The lowest BCUT2D eigenvalue weighted by Crippen LogP contribution is -2.51. The van der Waals surface area contributed by atoms with Crippen molar-refractivity contribution in [1.82, 2.24) is 30.1 Å². The second-order valence-corrected chi connectivity index (χ2v) is 7.63. The van der Waals surface area contributed by atoms with Crippen LogP contribution in [0.3, 0.4) is 0 Å². The number of likely N-dealkylation sites (tertiary alicyclic amines) is 1. The standard InChI is InChI=1S/C22H26N6O2/c1-16(21(29)24-22(30)23-15-17-7-3-2-4-8-17)27-13-10-18(11-14-27)20-26-25-19-9-5-6-12-28(19)20/h2-9,12,16,18H,10-11,13-15H2,1H3,(H2,23,24,29,30). The summed E-state index contributed by atoms with van der Waals surface area (Å²) in [6, 6.07) is 14.6. The number of piperidine rings is 1. The van der Waals surface area contributed by atoms with Crippen LogP contribution in [0.1, 0.15) is 37.1 Å². The lowest BCUT2D eigenvalue weighted by molar-refractivity contribution is -0.125. The molecule has 1 atom stereocenters. The first-order valence-electron chi connectivity index (χ1n) is 10.3. The minimum absolute atomic E-state index is 0.285. The number of urea groups is 1. The Morgan fingerprint density at radius 3 is 2.57 bits per heavy atom. The van der Waals surface area contributed by atoms with Gasteiger partial charge in [0.15, 0.2) is 5.65 Å². The SMILES string of the molecule is CC(C(=O)NC(=O)NCc1ccccc1)N1CCC(c2nnc3ccccn23)CC1. The normalized spacial score (nSPS) is 16.3. The van der Waals surface area contributed by atoms with Crippen LogP contribution in [0.4, 0.5) is 4.79 Å². The molecule has 1 aliphatic rings. The van der Waals surface area contributed by atoms with E-state index in [2.05, 4.69) is 25.7 Å². The van der Waals surface area contributed by atoms with Crippen molar-refractivity contribution < 1.29 is 9.59 Å². The van der Waals surface area contributed by atoms with Crippen LogP contribution in [0.25, 0.3) is 5.65 Å². The summed E-state index contributed by atoms with van der Waals surface area (Å²) >= 11 is 0. The van der Waals surface area contributed by atoms with Crippen molar-refractivity contribution in [3.63, 3.8) is 0 Å². The molecule has 156 valence electrons. The summed E-state index contributed by atoms with van der Waals surface area (Å²) in [4.78, 5) is 26.7. The Bertz CT molecular complexity index is 1010. The topological polar surface area (TPSA) is 91.6 Å². The van der Waals surface area contributed by atoms with Crippen LogP contribution in [0.5, 0.6) is 0 Å². The number of fused-ring (bicyclic) bond motifs is 1. The van der Waals surface area contributed by atoms with E-state index in [0.717, 1.165) is 43.0 Å². The van der Waals surface area contributed by atoms with Crippen LogP contribution in [-0.4, -0.2) is 50.6 Å². The summed E-state index contributed by atoms with van der Waals surface area (Å²) in [5.41, 5.74) is 1.83. The number of benzene rings is 1. The van der Waals surface area contributed by atoms with E-state index in [9.17, 15) is 9.59 Å². The Morgan fingerprint density at radius 1 is 1.07 bits per heavy atom. The van der Waals surface area contributed by atoms with E-state index in [4.69, 9.17) is 0 Å². The number of nitrogens with one attached hydrogen (secondary N) is 2. The molecule has 0 spiro atoms. The molecule has 3 aromatic rings. The third kappa shape index (κ3) is 4.49. The molecule has 1 aliphatic heterocycles. The van der Waals surface area contributed by atoms with Crippen LogP contribution < -0.4 is 10.6 Å². The van der Waals surface area contributed by atoms with E-state index >= 15 is 0 Å². The Kier molecular flexibility index (Phi) is 6.04. The van der Waals surface area contributed by atoms with Gasteiger partial charge >= 0.3 is 6.03 Å². The maximum absolute atomic E-state index is 12.5. The number of pyridine rings is 1. The van der Waals surface area contributed by atoms with E-state index in [1.54, 1.807) is 0 Å². The molecule has 8 heteroatoms. The van der Waals surface area contributed by atoms with Crippen LogP contribution in [0.2, 0.25) is 0 Å². The summed E-state index contributed by atoms with van der Waals surface area (Å²) in [5.74, 6) is 0.998. The van der Waals surface area contributed by atoms with Gasteiger partial charge in [0.2, 0.25) is 5.91 Å². The third-order valence-corrected chi connectivity index (χ3v) is 5.69. The molecule has 2 N–H and O–H groups in total. The van der Waals surface area contributed by atoms with Gasteiger partial charge in [-0.25, -0.2) is 4.79 Å². The van der Waals surface area contributed by atoms with Crippen LogP contribution in [-0.2, 0) is 11.3 Å². The summed E-state index contributed by atoms with van der Waals surface area (Å²) in [7, 11) is 0. The lowest BCUT2D eigenvalue weighted by Gasteiger charge is -2.34. The zero-order valence-corrected chi connectivity index (χ0v) is 17.0. The van der Waals surface area contributed by atoms with Gasteiger partial charge in [-0.1, -0.05) is 36.4 Å². The van der Waals surface area contributed by atoms with E-state index in [1.807, 2.05) is 66.1 Å². The fourth-order valence-electron chi connectivity index (χ4n) is 3.89. The number of aromatic nitrogens is 3. The van der Waals surface area contributed by atoms with Crippen LogP contribution in [0.15, 0.2) is 54.7 Å². The molecule has 0 bridgehead atoms. The van der Waals surface area contributed by atoms with Crippen molar-refractivity contribution in [2.45, 2.75) is 38.3 Å². The summed E-state index contributed by atoms with van der Waals surface area (Å²) < 4.78 is 2.04. The highest BCUT2D eigenvalue weighted by atomic mass is 16.2. The molecule has 1 saturated heterocycles. The molecule has 30 heavy (non-hydrogen) atoms. The molecular weight excluding hydrogens is 380 g/mol. The van der Waals surface area contributed by atoms with Crippen LogP contribution >= 0.6 is 0 Å². The molecule has 3 heterocycles. The Labute approximate surface area is 175 Å². The van der Waals surface area contributed by atoms with E-state index in [0.29, 0.717) is 12.5 Å². The highest BCUT2D eigenvalue weighted by Gasteiger charge is 2.29. The molecule has 2 aromatic heterocycles. The van der Waals surface area contributed by atoms with Gasteiger partial charge in [0.1, 0.15) is 5.82 Å². The second kappa shape index (κ2) is 9.04. The van der Waals surface area contributed by atoms with Gasteiger partial charge in [-0.05, 0) is 50.6 Å². The second-order valence-electron chi connectivity index (χ2n) is 7.63. The van der Waals surface area contributed by atoms with Gasteiger partial charge in [-0.15, -0.1) is 10.2 Å². The van der Waals surface area contributed by atoms with Crippen molar-refractivity contribution in [1.29, 1.82) is 0 Å². The molecule has 3 amide bonds. The minimum Gasteiger partial charge on any atom is -0.334 e. The average molecular weight is 406 g/mol. The zero-order chi connectivity index (χ0) is 20.9. The maximum atomic E-state index is 12.5. The number of carbonyl (C=O) groups is 2. The monoisotopic (exact) mass is 406 g/mol. The predicted octanol–water partition coefficient (Wildman–Crippen LogP) is 2.32. The molecule has 4 rings (SSSR count). The van der Waals surface area contributed by atoms with Crippen molar-refractivity contribution in [2.24, 2.45) is 0 Å². The fourth-order valence-corrected chi connectivity index (χ4v) is 3.89. The van der Waals surface area contributed by atoms with E-state index < -0.39 is 6.03 Å².